The zero-order chi connectivity index (χ0) is 25.8. The summed E-state index contributed by atoms with van der Waals surface area (Å²) >= 11 is 1.51. The molecule has 7 nitrogen and oxygen atoms in total. The van der Waals surface area contributed by atoms with Crippen LogP contribution in [0.3, 0.4) is 0 Å². The van der Waals surface area contributed by atoms with Crippen LogP contribution in [0.2, 0.25) is 0 Å². The second-order valence-corrected chi connectivity index (χ2v) is 9.50. The number of hydrogen-bond donors (Lipinski definition) is 1. The van der Waals surface area contributed by atoms with Gasteiger partial charge in [0, 0.05) is 22.9 Å². The quantitative estimate of drug-likeness (QED) is 0.500. The lowest BCUT2D eigenvalue weighted by atomic mass is 9.93. The van der Waals surface area contributed by atoms with E-state index in [9.17, 15) is 27.9 Å². The van der Waals surface area contributed by atoms with Crippen molar-refractivity contribution in [2.24, 2.45) is 0 Å². The molecule has 2 atom stereocenters. The summed E-state index contributed by atoms with van der Waals surface area (Å²) in [6.07, 6.45) is -3.45. The first-order valence-electron chi connectivity index (χ1n) is 10.9. The fourth-order valence-electron chi connectivity index (χ4n) is 4.62. The van der Waals surface area contributed by atoms with Crippen LogP contribution in [0.1, 0.15) is 40.1 Å². The van der Waals surface area contributed by atoms with Crippen LogP contribution in [0.15, 0.2) is 64.4 Å². The normalized spacial score (nSPS) is 18.0. The highest BCUT2D eigenvalue weighted by Crippen LogP contribution is 2.45. The largest absolute Gasteiger partial charge is 0.502 e. The Labute approximate surface area is 208 Å². The maximum absolute atomic E-state index is 13.8. The Balaban J connectivity index is 1.80. The summed E-state index contributed by atoms with van der Waals surface area (Å²) in [4.78, 5) is 30.5. The number of fused-ring (bicyclic) bond motifs is 3. The molecule has 5 rings (SSSR count). The van der Waals surface area contributed by atoms with Crippen molar-refractivity contribution in [1.29, 1.82) is 0 Å². The van der Waals surface area contributed by atoms with Crippen molar-refractivity contribution in [3.05, 3.63) is 98.8 Å². The van der Waals surface area contributed by atoms with E-state index in [0.29, 0.717) is 21.9 Å². The third kappa shape index (κ3) is 3.69. The van der Waals surface area contributed by atoms with Gasteiger partial charge in [-0.1, -0.05) is 36.4 Å². The number of hydrogen-bond acceptors (Lipinski definition) is 5. The van der Waals surface area contributed by atoms with E-state index in [1.165, 1.54) is 27.6 Å². The number of halogens is 3. The molecule has 2 aliphatic rings. The van der Waals surface area contributed by atoms with E-state index in [-0.39, 0.29) is 0 Å². The minimum Gasteiger partial charge on any atom is -0.502 e. The number of alkyl halides is 3. The van der Waals surface area contributed by atoms with Gasteiger partial charge in [0.05, 0.1) is 12.6 Å². The van der Waals surface area contributed by atoms with Crippen LogP contribution < -0.4 is 10.4 Å². The highest BCUT2D eigenvalue weighted by Gasteiger charge is 2.47. The molecule has 3 aromatic rings. The van der Waals surface area contributed by atoms with Gasteiger partial charge in [-0.25, -0.2) is 4.85 Å². The first-order chi connectivity index (χ1) is 17.1. The van der Waals surface area contributed by atoms with Gasteiger partial charge in [0.25, 0.3) is 5.91 Å². The summed E-state index contributed by atoms with van der Waals surface area (Å²) in [5.74, 6) is -1.55. The van der Waals surface area contributed by atoms with Crippen LogP contribution in [0.4, 0.5) is 18.9 Å². The van der Waals surface area contributed by atoms with Crippen molar-refractivity contribution < 1.29 is 23.1 Å². The molecular formula is C25H19F3N4O3S. The van der Waals surface area contributed by atoms with Crippen LogP contribution in [0, 0.1) is 6.57 Å². The maximum atomic E-state index is 13.8. The number of amides is 1. The van der Waals surface area contributed by atoms with Gasteiger partial charge in [0.2, 0.25) is 5.43 Å². The van der Waals surface area contributed by atoms with Crippen molar-refractivity contribution in [3.8, 4) is 5.75 Å². The summed E-state index contributed by atoms with van der Waals surface area (Å²) in [7, 11) is 0. The lowest BCUT2D eigenvalue weighted by molar-refractivity contribution is -0.173. The van der Waals surface area contributed by atoms with Crippen LogP contribution >= 0.6 is 11.8 Å². The molecule has 2 aliphatic heterocycles. The van der Waals surface area contributed by atoms with Crippen LogP contribution in [-0.4, -0.2) is 39.5 Å². The number of pyridine rings is 1. The Bertz CT molecular complexity index is 1480. The maximum Gasteiger partial charge on any atom is 0.408 e. The van der Waals surface area contributed by atoms with E-state index in [1.54, 1.807) is 12.1 Å². The second kappa shape index (κ2) is 8.64. The number of thioether (sulfide) groups is 1. The van der Waals surface area contributed by atoms with Gasteiger partial charge >= 0.3 is 6.18 Å². The Hall–Kier alpha value is -3.91. The third-order valence-corrected chi connectivity index (χ3v) is 7.63. The topological polar surface area (TPSA) is 70.1 Å². The van der Waals surface area contributed by atoms with Crippen molar-refractivity contribution >= 4 is 23.4 Å². The average molecular weight is 513 g/mol. The Morgan fingerprint density at radius 1 is 1.11 bits per heavy atom. The molecule has 0 saturated heterocycles. The van der Waals surface area contributed by atoms with E-state index in [2.05, 4.69) is 4.85 Å². The average Bonchev–Trinajstić information content (AvgIpc) is 3.02. The highest BCUT2D eigenvalue weighted by molar-refractivity contribution is 7.98. The Morgan fingerprint density at radius 2 is 1.83 bits per heavy atom. The molecule has 0 fully saturated rings. The summed E-state index contributed by atoms with van der Waals surface area (Å²) in [5.41, 5.74) is 1.21. The number of aromatic nitrogens is 1. The molecule has 2 aromatic carbocycles. The summed E-state index contributed by atoms with van der Waals surface area (Å²) in [6, 6.07) is 10.8. The predicted octanol–water partition coefficient (Wildman–Crippen LogP) is 4.80. The number of aromatic hydroxyl groups is 1. The monoisotopic (exact) mass is 512 g/mol. The predicted molar refractivity (Wildman–Crippen MR) is 128 cm³/mol. The molecule has 36 heavy (non-hydrogen) atoms. The van der Waals surface area contributed by atoms with Gasteiger partial charge in [0.15, 0.2) is 17.1 Å². The van der Waals surface area contributed by atoms with Gasteiger partial charge in [0.1, 0.15) is 12.7 Å². The molecule has 0 radical (unpaired) electrons. The molecule has 0 aliphatic carbocycles. The minimum absolute atomic E-state index is 0.425. The Morgan fingerprint density at radius 3 is 2.56 bits per heavy atom. The molecule has 0 bridgehead atoms. The number of rotatable bonds is 2. The second-order valence-electron chi connectivity index (χ2n) is 8.48. The standard InChI is InChI=1S/C25H19F3N4O3S/c1-14(25(26,27)28)30-13-32(31-11-10-19(33)23(34)22(31)24(30)35)21-15-7-5-8-18(29-2)17(15)12-36-20-9-4-3-6-16(20)21/h3-11,14,21,34H,12-13H2,1H3/t14-,21+/m1/s1. The van der Waals surface area contributed by atoms with E-state index in [4.69, 9.17) is 6.57 Å². The molecule has 0 saturated carbocycles. The van der Waals surface area contributed by atoms with Crippen molar-refractivity contribution in [3.63, 3.8) is 0 Å². The number of carbonyl (C=O) groups excluding carboxylic acids is 1. The fraction of sp³-hybridized carbons (Fsp3) is 0.240. The van der Waals surface area contributed by atoms with Crippen LogP contribution in [0.5, 0.6) is 5.75 Å². The highest BCUT2D eigenvalue weighted by atomic mass is 32.2. The fourth-order valence-corrected chi connectivity index (χ4v) is 5.76. The first kappa shape index (κ1) is 23.8. The molecule has 1 N–H and O–H groups in total. The van der Waals surface area contributed by atoms with Gasteiger partial charge in [-0.2, -0.15) is 13.2 Å². The lowest BCUT2D eigenvalue weighted by Crippen LogP contribution is -2.60. The van der Waals surface area contributed by atoms with Crippen molar-refractivity contribution in [2.75, 3.05) is 11.7 Å². The number of benzene rings is 2. The molecule has 1 amide bonds. The summed E-state index contributed by atoms with van der Waals surface area (Å²) in [5, 5.41) is 12.1. The summed E-state index contributed by atoms with van der Waals surface area (Å²) in [6.45, 7) is 8.02. The van der Waals surface area contributed by atoms with Crippen molar-refractivity contribution in [2.45, 2.75) is 35.8 Å². The summed E-state index contributed by atoms with van der Waals surface area (Å²) < 4.78 is 42.6. The molecule has 0 spiro atoms. The molecule has 0 unspecified atom stereocenters. The first-order valence-corrected chi connectivity index (χ1v) is 11.9. The van der Waals surface area contributed by atoms with Gasteiger partial charge < -0.3 is 10.0 Å². The number of carbonyl (C=O) groups is 1. The van der Waals surface area contributed by atoms with Crippen LogP contribution in [0.25, 0.3) is 4.85 Å². The molecular weight excluding hydrogens is 493 g/mol. The van der Waals surface area contributed by atoms with E-state index >= 15 is 0 Å². The molecule has 1 aromatic heterocycles. The van der Waals surface area contributed by atoms with E-state index in [0.717, 1.165) is 29.0 Å². The van der Waals surface area contributed by atoms with Crippen molar-refractivity contribution in [1.82, 2.24) is 9.58 Å². The number of nitrogens with zero attached hydrogens (tertiary/aromatic N) is 4. The zero-order valence-electron chi connectivity index (χ0n) is 18.9. The smallest absolute Gasteiger partial charge is 0.408 e. The SMILES string of the molecule is [C-]#[N+]c1cccc2c1CSc1ccccc1[C@H]2N1CN([C@H](C)C(F)(F)F)C(=O)c2c(O)c(=O)ccn21. The van der Waals surface area contributed by atoms with Gasteiger partial charge in [-0.3, -0.25) is 19.3 Å². The zero-order valence-corrected chi connectivity index (χ0v) is 19.7. The van der Waals surface area contributed by atoms with E-state index < -0.39 is 47.7 Å². The Kier molecular flexibility index (Phi) is 5.71. The minimum atomic E-state index is -4.74. The lowest BCUT2D eigenvalue weighted by Gasteiger charge is -2.46. The van der Waals surface area contributed by atoms with Gasteiger partial charge in [-0.15, -0.1) is 11.8 Å². The molecule has 11 heteroatoms. The third-order valence-electron chi connectivity index (χ3n) is 6.52. The van der Waals surface area contributed by atoms with Crippen LogP contribution in [-0.2, 0) is 5.75 Å². The molecule has 184 valence electrons. The van der Waals surface area contributed by atoms with E-state index in [1.807, 2.05) is 30.3 Å². The van der Waals surface area contributed by atoms with Gasteiger partial charge in [-0.05, 0) is 29.7 Å². The molecule has 3 heterocycles.